The zero-order chi connectivity index (χ0) is 18.4. The van der Waals surface area contributed by atoms with Gasteiger partial charge in [0.1, 0.15) is 5.75 Å². The van der Waals surface area contributed by atoms with E-state index >= 15 is 0 Å². The number of carbonyl (C=O) groups is 1. The Labute approximate surface area is 156 Å². The second-order valence-corrected chi connectivity index (χ2v) is 6.53. The molecule has 0 unspecified atom stereocenters. The van der Waals surface area contributed by atoms with E-state index in [1.165, 1.54) is 17.3 Å². The van der Waals surface area contributed by atoms with Crippen LogP contribution in [0.5, 0.6) is 5.75 Å². The first-order valence-electron chi connectivity index (χ1n) is 8.26. The number of anilines is 1. The van der Waals surface area contributed by atoms with Crippen LogP contribution < -0.4 is 10.1 Å². The van der Waals surface area contributed by atoms with Crippen LogP contribution in [0.2, 0.25) is 0 Å². The van der Waals surface area contributed by atoms with Gasteiger partial charge in [-0.1, -0.05) is 30.8 Å². The molecule has 0 aliphatic heterocycles. The van der Waals surface area contributed by atoms with Gasteiger partial charge in [0, 0.05) is 11.3 Å². The summed E-state index contributed by atoms with van der Waals surface area (Å²) in [4.78, 5) is 16.5. The second kappa shape index (κ2) is 8.53. The van der Waals surface area contributed by atoms with Crippen LogP contribution in [-0.4, -0.2) is 34.0 Å². The summed E-state index contributed by atoms with van der Waals surface area (Å²) in [6, 6.07) is 15.4. The Kier molecular flexibility index (Phi) is 5.91. The molecule has 134 valence electrons. The molecular weight excluding hydrogens is 348 g/mol. The lowest BCUT2D eigenvalue weighted by Crippen LogP contribution is -2.14. The molecule has 6 nitrogen and oxygen atoms in total. The highest BCUT2D eigenvalue weighted by molar-refractivity contribution is 7.99. The highest BCUT2D eigenvalue weighted by Gasteiger charge is 2.09. The fourth-order valence-electron chi connectivity index (χ4n) is 2.39. The van der Waals surface area contributed by atoms with Crippen molar-refractivity contribution < 1.29 is 9.53 Å². The van der Waals surface area contributed by atoms with E-state index in [9.17, 15) is 4.79 Å². The number of nitrogens with one attached hydrogen (secondary N) is 2. The van der Waals surface area contributed by atoms with Crippen LogP contribution in [0.4, 0.5) is 5.69 Å². The third-order valence-electron chi connectivity index (χ3n) is 3.78. The van der Waals surface area contributed by atoms with Crippen molar-refractivity contribution in [2.45, 2.75) is 18.5 Å². The van der Waals surface area contributed by atoms with Crippen molar-refractivity contribution in [1.82, 2.24) is 15.2 Å². The van der Waals surface area contributed by atoms with Crippen molar-refractivity contribution in [2.75, 3.05) is 18.2 Å². The highest BCUT2D eigenvalue weighted by atomic mass is 32.2. The zero-order valence-corrected chi connectivity index (χ0v) is 15.5. The molecule has 2 aromatic carbocycles. The lowest BCUT2D eigenvalue weighted by atomic mass is 10.1. The Hall–Kier alpha value is -2.80. The Morgan fingerprint density at radius 2 is 2.04 bits per heavy atom. The van der Waals surface area contributed by atoms with E-state index in [0.717, 1.165) is 23.4 Å². The zero-order valence-electron chi connectivity index (χ0n) is 14.7. The van der Waals surface area contributed by atoms with Gasteiger partial charge in [0.25, 0.3) is 0 Å². The molecular formula is C19H20N4O2S. The van der Waals surface area contributed by atoms with E-state index in [0.29, 0.717) is 11.0 Å². The number of aryl methyl sites for hydroxylation is 1. The molecule has 3 rings (SSSR count). The average Bonchev–Trinajstić information content (AvgIpc) is 3.15. The number of carbonyl (C=O) groups excluding carboxylic acids is 1. The monoisotopic (exact) mass is 368 g/mol. The fraction of sp³-hybridized carbons (Fsp3) is 0.211. The summed E-state index contributed by atoms with van der Waals surface area (Å²) < 4.78 is 5.14. The molecule has 1 heterocycles. The Morgan fingerprint density at radius 3 is 2.77 bits per heavy atom. The van der Waals surface area contributed by atoms with Gasteiger partial charge in [-0.25, -0.2) is 4.98 Å². The van der Waals surface area contributed by atoms with Crippen LogP contribution in [0, 0.1) is 0 Å². The average molecular weight is 368 g/mol. The van der Waals surface area contributed by atoms with E-state index in [1.54, 1.807) is 7.11 Å². The molecule has 2 N–H and O–H groups in total. The number of benzene rings is 2. The smallest absolute Gasteiger partial charge is 0.234 e. The van der Waals surface area contributed by atoms with Crippen molar-refractivity contribution in [3.05, 3.63) is 54.1 Å². The number of rotatable bonds is 7. The molecule has 0 fully saturated rings. The quantitative estimate of drug-likeness (QED) is 0.621. The summed E-state index contributed by atoms with van der Waals surface area (Å²) in [5, 5.41) is 10.5. The summed E-state index contributed by atoms with van der Waals surface area (Å²) in [5.41, 5.74) is 2.91. The second-order valence-electron chi connectivity index (χ2n) is 5.59. The molecule has 0 radical (unpaired) electrons. The lowest BCUT2D eigenvalue weighted by molar-refractivity contribution is -0.113. The van der Waals surface area contributed by atoms with Gasteiger partial charge in [0.2, 0.25) is 11.1 Å². The maximum atomic E-state index is 12.1. The number of H-pyrrole nitrogens is 1. The predicted octanol–water partition coefficient (Wildman–Crippen LogP) is 3.77. The molecule has 0 aliphatic carbocycles. The van der Waals surface area contributed by atoms with Crippen molar-refractivity contribution in [2.24, 2.45) is 0 Å². The summed E-state index contributed by atoms with van der Waals surface area (Å²) in [6.45, 7) is 2.08. The van der Waals surface area contributed by atoms with Crippen molar-refractivity contribution in [3.8, 4) is 17.1 Å². The molecule has 1 aromatic heterocycles. The molecule has 0 saturated carbocycles. The van der Waals surface area contributed by atoms with E-state index in [2.05, 4.69) is 27.4 Å². The number of hydrogen-bond acceptors (Lipinski definition) is 5. The molecule has 1 amide bonds. The van der Waals surface area contributed by atoms with E-state index in [4.69, 9.17) is 4.74 Å². The van der Waals surface area contributed by atoms with Gasteiger partial charge >= 0.3 is 0 Å². The molecule has 26 heavy (non-hydrogen) atoms. The van der Waals surface area contributed by atoms with E-state index in [-0.39, 0.29) is 11.7 Å². The predicted molar refractivity (Wildman–Crippen MR) is 104 cm³/mol. The number of amides is 1. The van der Waals surface area contributed by atoms with Gasteiger partial charge in [0.05, 0.1) is 12.9 Å². The lowest BCUT2D eigenvalue weighted by Gasteiger charge is -2.05. The summed E-state index contributed by atoms with van der Waals surface area (Å²) in [7, 11) is 1.63. The fourth-order valence-corrected chi connectivity index (χ4v) is 2.98. The maximum Gasteiger partial charge on any atom is 0.234 e. The molecule has 7 heteroatoms. The van der Waals surface area contributed by atoms with Crippen molar-refractivity contribution >= 4 is 23.4 Å². The molecule has 3 aromatic rings. The number of nitrogens with zero attached hydrogens (tertiary/aromatic N) is 2. The van der Waals surface area contributed by atoms with Crippen LogP contribution >= 0.6 is 11.8 Å². The van der Waals surface area contributed by atoms with Crippen LogP contribution in [0.1, 0.15) is 12.5 Å². The van der Waals surface area contributed by atoms with Gasteiger partial charge < -0.3 is 10.1 Å². The van der Waals surface area contributed by atoms with Crippen molar-refractivity contribution in [1.29, 1.82) is 0 Å². The molecule has 0 bridgehead atoms. The summed E-state index contributed by atoms with van der Waals surface area (Å²) >= 11 is 1.29. The molecule has 0 atom stereocenters. The molecule has 0 spiro atoms. The Balaban J connectivity index is 1.56. The highest BCUT2D eigenvalue weighted by Crippen LogP contribution is 2.22. The minimum Gasteiger partial charge on any atom is -0.497 e. The number of thioether (sulfide) groups is 1. The minimum absolute atomic E-state index is 0.0842. The topological polar surface area (TPSA) is 79.9 Å². The third-order valence-corrected chi connectivity index (χ3v) is 4.63. The minimum atomic E-state index is -0.0842. The number of aromatic nitrogens is 3. The van der Waals surface area contributed by atoms with Gasteiger partial charge in [-0.2, -0.15) is 0 Å². The maximum absolute atomic E-state index is 12.1. The molecule has 0 aliphatic rings. The van der Waals surface area contributed by atoms with Crippen LogP contribution in [-0.2, 0) is 11.2 Å². The molecule has 0 saturated heterocycles. The SMILES string of the molecule is CCc1cccc(NC(=O)CSc2n[nH]c(-c3ccc(OC)cc3)n2)c1. The van der Waals surface area contributed by atoms with Gasteiger partial charge in [-0.05, 0) is 48.4 Å². The van der Waals surface area contributed by atoms with E-state index in [1.807, 2.05) is 48.5 Å². The Morgan fingerprint density at radius 1 is 1.23 bits per heavy atom. The number of ether oxygens (including phenoxy) is 1. The summed E-state index contributed by atoms with van der Waals surface area (Å²) in [6.07, 6.45) is 0.934. The van der Waals surface area contributed by atoms with E-state index < -0.39 is 0 Å². The number of methoxy groups -OCH3 is 1. The first-order chi connectivity index (χ1) is 12.7. The summed E-state index contributed by atoms with van der Waals surface area (Å²) in [5.74, 6) is 1.60. The third kappa shape index (κ3) is 4.64. The first-order valence-corrected chi connectivity index (χ1v) is 9.25. The standard InChI is InChI=1S/C19H20N4O2S/c1-3-13-5-4-6-15(11-13)20-17(24)12-26-19-21-18(22-23-19)14-7-9-16(25-2)10-8-14/h4-11H,3,12H2,1-2H3,(H,20,24)(H,21,22,23). The van der Waals surface area contributed by atoms with Crippen LogP contribution in [0.15, 0.2) is 53.7 Å². The van der Waals surface area contributed by atoms with Crippen molar-refractivity contribution in [3.63, 3.8) is 0 Å². The normalized spacial score (nSPS) is 10.5. The Bertz CT molecular complexity index is 877. The number of aromatic amines is 1. The number of hydrogen-bond donors (Lipinski definition) is 2. The van der Waals surface area contributed by atoms with Crippen LogP contribution in [0.3, 0.4) is 0 Å². The first kappa shape index (κ1) is 18.0. The van der Waals surface area contributed by atoms with Crippen LogP contribution in [0.25, 0.3) is 11.4 Å². The van der Waals surface area contributed by atoms with Gasteiger partial charge in [0.15, 0.2) is 5.82 Å². The van der Waals surface area contributed by atoms with Gasteiger partial charge in [-0.15, -0.1) is 5.10 Å². The largest absolute Gasteiger partial charge is 0.497 e. The van der Waals surface area contributed by atoms with Gasteiger partial charge in [-0.3, -0.25) is 9.89 Å².